The number of halogens is 1. The van der Waals surface area contributed by atoms with Crippen LogP contribution in [0.1, 0.15) is 12.8 Å². The Hall–Kier alpha value is -0.920. The van der Waals surface area contributed by atoms with E-state index in [0.29, 0.717) is 16.2 Å². The zero-order valence-electron chi connectivity index (χ0n) is 10.0. The fourth-order valence-corrected chi connectivity index (χ4v) is 2.45. The summed E-state index contributed by atoms with van der Waals surface area (Å²) < 4.78 is 1.70. The summed E-state index contributed by atoms with van der Waals surface area (Å²) in [4.78, 5) is 11.9. The molecule has 0 saturated carbocycles. The van der Waals surface area contributed by atoms with Gasteiger partial charge in [0.2, 0.25) is 0 Å². The maximum Gasteiger partial charge on any atom is 0.283 e. The van der Waals surface area contributed by atoms with Gasteiger partial charge in [0.15, 0.2) is 0 Å². The number of nitrogens with one attached hydrogen (secondary N) is 2. The Morgan fingerprint density at radius 2 is 2.50 bits per heavy atom. The minimum absolute atomic E-state index is 0.0991. The summed E-state index contributed by atoms with van der Waals surface area (Å²) >= 11 is 3.27. The first-order valence-corrected chi connectivity index (χ1v) is 6.85. The number of nitrogens with zero attached hydrogens (tertiary/aromatic N) is 2. The van der Waals surface area contributed by atoms with Crippen LogP contribution in [0.5, 0.6) is 0 Å². The Balaban J connectivity index is 2.04. The van der Waals surface area contributed by atoms with Crippen molar-refractivity contribution < 1.29 is 5.11 Å². The molecule has 1 aromatic rings. The normalized spacial score (nSPS) is 19.1. The molecule has 1 fully saturated rings. The molecule has 7 heteroatoms. The highest BCUT2D eigenvalue weighted by Gasteiger charge is 2.15. The van der Waals surface area contributed by atoms with E-state index >= 15 is 0 Å². The molecule has 1 saturated heterocycles. The van der Waals surface area contributed by atoms with Crippen LogP contribution in [-0.2, 0) is 6.54 Å². The largest absolute Gasteiger partial charge is 0.394 e. The van der Waals surface area contributed by atoms with Crippen LogP contribution in [0.2, 0.25) is 0 Å². The monoisotopic (exact) mass is 316 g/mol. The highest BCUT2D eigenvalue weighted by atomic mass is 79.9. The second-order valence-electron chi connectivity index (χ2n) is 4.30. The van der Waals surface area contributed by atoms with E-state index in [0.717, 1.165) is 19.5 Å². The van der Waals surface area contributed by atoms with Crippen LogP contribution < -0.4 is 16.2 Å². The van der Waals surface area contributed by atoms with Gasteiger partial charge in [-0.3, -0.25) is 4.79 Å². The third kappa shape index (κ3) is 3.09. The predicted molar refractivity (Wildman–Crippen MR) is 72.8 cm³/mol. The first-order valence-electron chi connectivity index (χ1n) is 6.06. The molecular formula is C11H17BrN4O2. The van der Waals surface area contributed by atoms with E-state index in [1.165, 1.54) is 11.1 Å². The van der Waals surface area contributed by atoms with Gasteiger partial charge in [0, 0.05) is 12.6 Å². The van der Waals surface area contributed by atoms with E-state index < -0.39 is 0 Å². The lowest BCUT2D eigenvalue weighted by Crippen LogP contribution is -2.31. The molecule has 0 amide bonds. The lowest BCUT2D eigenvalue weighted by molar-refractivity contribution is 0.266. The number of aliphatic hydroxyl groups is 1. The van der Waals surface area contributed by atoms with Gasteiger partial charge in [0.05, 0.1) is 25.0 Å². The Morgan fingerprint density at radius 1 is 1.67 bits per heavy atom. The minimum atomic E-state index is -0.228. The summed E-state index contributed by atoms with van der Waals surface area (Å²) in [6.07, 6.45) is 3.96. The summed E-state index contributed by atoms with van der Waals surface area (Å²) in [5, 5.41) is 19.4. The van der Waals surface area contributed by atoms with Gasteiger partial charge in [-0.1, -0.05) is 0 Å². The van der Waals surface area contributed by atoms with Crippen molar-refractivity contribution in [3.63, 3.8) is 0 Å². The van der Waals surface area contributed by atoms with E-state index in [1.54, 1.807) is 6.20 Å². The molecule has 1 aliphatic heterocycles. The molecule has 18 heavy (non-hydrogen) atoms. The first kappa shape index (κ1) is 13.5. The molecule has 3 N–H and O–H groups in total. The second-order valence-corrected chi connectivity index (χ2v) is 5.09. The molecule has 0 spiro atoms. The summed E-state index contributed by atoms with van der Waals surface area (Å²) in [6, 6.07) is 0.455. The number of hydrogen-bond acceptors (Lipinski definition) is 5. The van der Waals surface area contributed by atoms with Crippen molar-refractivity contribution in [2.24, 2.45) is 0 Å². The van der Waals surface area contributed by atoms with Crippen LogP contribution >= 0.6 is 15.9 Å². The van der Waals surface area contributed by atoms with Crippen molar-refractivity contribution in [1.82, 2.24) is 15.1 Å². The van der Waals surface area contributed by atoms with Gasteiger partial charge in [-0.05, 0) is 35.3 Å². The quantitative estimate of drug-likeness (QED) is 0.721. The average molecular weight is 317 g/mol. The zero-order valence-corrected chi connectivity index (χ0v) is 11.6. The molecule has 0 aromatic carbocycles. The topological polar surface area (TPSA) is 79.2 Å². The number of rotatable bonds is 5. The van der Waals surface area contributed by atoms with Gasteiger partial charge in [-0.15, -0.1) is 0 Å². The number of aliphatic hydroxyl groups excluding tert-OH is 1. The van der Waals surface area contributed by atoms with Crippen molar-refractivity contribution in [2.45, 2.75) is 25.4 Å². The summed E-state index contributed by atoms with van der Waals surface area (Å²) in [5.41, 5.74) is 0.469. The van der Waals surface area contributed by atoms with Crippen molar-refractivity contribution in [3.8, 4) is 0 Å². The molecule has 1 aliphatic rings. The van der Waals surface area contributed by atoms with Crippen molar-refractivity contribution in [2.75, 3.05) is 25.0 Å². The van der Waals surface area contributed by atoms with Crippen molar-refractivity contribution in [3.05, 3.63) is 21.0 Å². The van der Waals surface area contributed by atoms with Gasteiger partial charge in [-0.25, -0.2) is 4.68 Å². The molecule has 0 bridgehead atoms. The fraction of sp³-hybridized carbons (Fsp3) is 0.636. The molecule has 0 radical (unpaired) electrons. The lowest BCUT2D eigenvalue weighted by atomic mass is 10.2. The molecule has 1 unspecified atom stereocenters. The molecular weight excluding hydrogens is 300 g/mol. The minimum Gasteiger partial charge on any atom is -0.394 e. The molecule has 1 atom stereocenters. The summed E-state index contributed by atoms with van der Waals surface area (Å²) in [6.45, 7) is 1.95. The summed E-state index contributed by atoms with van der Waals surface area (Å²) in [7, 11) is 0. The average Bonchev–Trinajstić information content (AvgIpc) is 2.87. The molecule has 1 aromatic heterocycles. The first-order chi connectivity index (χ1) is 8.72. The highest BCUT2D eigenvalue weighted by molar-refractivity contribution is 9.10. The third-order valence-electron chi connectivity index (χ3n) is 3.00. The van der Waals surface area contributed by atoms with Gasteiger partial charge in [0.25, 0.3) is 5.56 Å². The van der Waals surface area contributed by atoms with Crippen LogP contribution in [0, 0.1) is 0 Å². The van der Waals surface area contributed by atoms with E-state index in [1.807, 2.05) is 0 Å². The van der Waals surface area contributed by atoms with Crippen LogP contribution in [-0.4, -0.2) is 40.6 Å². The van der Waals surface area contributed by atoms with Crippen LogP contribution in [0.15, 0.2) is 15.5 Å². The summed E-state index contributed by atoms with van der Waals surface area (Å²) in [5.74, 6) is 0. The Bertz CT molecular complexity index is 457. The van der Waals surface area contributed by atoms with Crippen LogP contribution in [0.3, 0.4) is 0 Å². The standard InChI is InChI=1S/C11H17BrN4O2/c12-10-9(14-6-8-2-1-3-13-8)7-15-16(4-5-17)11(10)18/h7-8,13-14,17H,1-6H2. The molecule has 2 heterocycles. The smallest absolute Gasteiger partial charge is 0.283 e. The Kier molecular flexibility index (Phi) is 4.73. The van der Waals surface area contributed by atoms with Gasteiger partial charge in [-0.2, -0.15) is 5.10 Å². The van der Waals surface area contributed by atoms with E-state index in [9.17, 15) is 4.79 Å². The maximum atomic E-state index is 11.9. The fourth-order valence-electron chi connectivity index (χ4n) is 2.01. The molecule has 0 aliphatic carbocycles. The van der Waals surface area contributed by atoms with E-state index in [-0.39, 0.29) is 18.7 Å². The Labute approximate surface area is 114 Å². The van der Waals surface area contributed by atoms with Crippen LogP contribution in [0.4, 0.5) is 5.69 Å². The Morgan fingerprint density at radius 3 is 3.17 bits per heavy atom. The van der Waals surface area contributed by atoms with Gasteiger partial charge < -0.3 is 15.7 Å². The third-order valence-corrected chi connectivity index (χ3v) is 3.76. The van der Waals surface area contributed by atoms with Crippen molar-refractivity contribution >= 4 is 21.6 Å². The van der Waals surface area contributed by atoms with Crippen LogP contribution in [0.25, 0.3) is 0 Å². The zero-order chi connectivity index (χ0) is 13.0. The van der Waals surface area contributed by atoms with Crippen molar-refractivity contribution in [1.29, 1.82) is 0 Å². The molecule has 100 valence electrons. The number of hydrogen-bond donors (Lipinski definition) is 3. The lowest BCUT2D eigenvalue weighted by Gasteiger charge is -2.14. The maximum absolute atomic E-state index is 11.9. The SMILES string of the molecule is O=c1c(Br)c(NCC2CCCN2)cnn1CCO. The second kappa shape index (κ2) is 6.31. The predicted octanol–water partition coefficient (Wildman–Crippen LogP) is 0.162. The number of anilines is 1. The van der Waals surface area contributed by atoms with E-state index in [2.05, 4.69) is 31.7 Å². The van der Waals surface area contributed by atoms with Gasteiger partial charge in [0.1, 0.15) is 4.47 Å². The highest BCUT2D eigenvalue weighted by Crippen LogP contribution is 2.16. The van der Waals surface area contributed by atoms with Gasteiger partial charge >= 0.3 is 0 Å². The van der Waals surface area contributed by atoms with E-state index in [4.69, 9.17) is 5.11 Å². The molecule has 6 nitrogen and oxygen atoms in total. The molecule has 2 rings (SSSR count). The number of aromatic nitrogens is 2.